The van der Waals surface area contributed by atoms with Gasteiger partial charge in [-0.25, -0.2) is 0 Å². The van der Waals surface area contributed by atoms with E-state index in [0.29, 0.717) is 11.7 Å². The standard InChI is InChI=1S/C19H21N5OS/c1-13-9-17(15(3)24(13)18-10-14(2)25-23-18)12-21-22-19(26)20-11-16-7-5-4-6-8-16/h4-10,12H,11H2,1-3H3,(H2,20,22,26)/b21-12-. The third-order valence-corrected chi connectivity index (χ3v) is 4.22. The molecule has 2 N–H and O–H groups in total. The van der Waals surface area contributed by atoms with Crippen LogP contribution >= 0.6 is 12.2 Å². The summed E-state index contributed by atoms with van der Waals surface area (Å²) in [6, 6.07) is 14.0. The van der Waals surface area contributed by atoms with Gasteiger partial charge in [0.25, 0.3) is 0 Å². The Labute approximate surface area is 157 Å². The molecular weight excluding hydrogens is 346 g/mol. The van der Waals surface area contributed by atoms with Crippen molar-refractivity contribution in [3.8, 4) is 5.82 Å². The summed E-state index contributed by atoms with van der Waals surface area (Å²) >= 11 is 5.25. The molecule has 0 aliphatic rings. The highest BCUT2D eigenvalue weighted by molar-refractivity contribution is 7.80. The summed E-state index contributed by atoms with van der Waals surface area (Å²) in [5.74, 6) is 1.55. The molecule has 0 saturated carbocycles. The van der Waals surface area contributed by atoms with Crippen LogP contribution in [0.4, 0.5) is 0 Å². The largest absolute Gasteiger partial charge is 0.360 e. The fourth-order valence-electron chi connectivity index (χ4n) is 2.71. The van der Waals surface area contributed by atoms with Gasteiger partial charge in [0.05, 0.1) is 6.21 Å². The van der Waals surface area contributed by atoms with Crippen molar-refractivity contribution in [3.05, 3.63) is 70.7 Å². The number of benzene rings is 1. The summed E-state index contributed by atoms with van der Waals surface area (Å²) in [6.07, 6.45) is 1.75. The molecule has 3 rings (SSSR count). The molecular formula is C19H21N5OS. The van der Waals surface area contributed by atoms with Crippen LogP contribution in [0.5, 0.6) is 0 Å². The van der Waals surface area contributed by atoms with E-state index >= 15 is 0 Å². The van der Waals surface area contributed by atoms with Crippen LogP contribution < -0.4 is 10.7 Å². The second-order valence-corrected chi connectivity index (χ2v) is 6.40. The number of nitrogens with zero attached hydrogens (tertiary/aromatic N) is 3. The lowest BCUT2D eigenvalue weighted by molar-refractivity contribution is 0.394. The van der Waals surface area contributed by atoms with Crippen molar-refractivity contribution < 1.29 is 4.52 Å². The number of aryl methyl sites for hydroxylation is 2. The number of rotatable bonds is 5. The van der Waals surface area contributed by atoms with Crippen molar-refractivity contribution in [2.45, 2.75) is 27.3 Å². The van der Waals surface area contributed by atoms with Gasteiger partial charge in [-0.05, 0) is 44.6 Å². The van der Waals surface area contributed by atoms with E-state index in [1.54, 1.807) is 6.21 Å². The molecule has 0 bridgehead atoms. The van der Waals surface area contributed by atoms with E-state index in [1.807, 2.05) is 67.8 Å². The van der Waals surface area contributed by atoms with Gasteiger partial charge >= 0.3 is 0 Å². The molecule has 0 amide bonds. The number of hydrazone groups is 1. The molecule has 2 aromatic heterocycles. The average Bonchev–Trinajstić information content (AvgIpc) is 3.17. The minimum Gasteiger partial charge on any atom is -0.360 e. The van der Waals surface area contributed by atoms with Crippen LogP contribution in [0.3, 0.4) is 0 Å². The van der Waals surface area contributed by atoms with Crippen LogP contribution in [-0.2, 0) is 6.54 Å². The fraction of sp³-hybridized carbons (Fsp3) is 0.211. The second-order valence-electron chi connectivity index (χ2n) is 6.00. The van der Waals surface area contributed by atoms with Gasteiger partial charge in [-0.1, -0.05) is 35.5 Å². The predicted molar refractivity (Wildman–Crippen MR) is 107 cm³/mol. The Morgan fingerprint density at radius 1 is 1.23 bits per heavy atom. The lowest BCUT2D eigenvalue weighted by Crippen LogP contribution is -2.31. The first-order valence-corrected chi connectivity index (χ1v) is 8.69. The number of aromatic nitrogens is 2. The van der Waals surface area contributed by atoms with Gasteiger partial charge in [0.1, 0.15) is 5.76 Å². The van der Waals surface area contributed by atoms with Gasteiger partial charge in [0.15, 0.2) is 10.9 Å². The van der Waals surface area contributed by atoms with E-state index in [4.69, 9.17) is 16.7 Å². The molecule has 0 spiro atoms. The van der Waals surface area contributed by atoms with Crippen LogP contribution in [0.25, 0.3) is 5.82 Å². The minimum absolute atomic E-state index is 0.478. The minimum atomic E-state index is 0.478. The zero-order chi connectivity index (χ0) is 18.5. The monoisotopic (exact) mass is 367 g/mol. The van der Waals surface area contributed by atoms with Gasteiger partial charge in [-0.2, -0.15) is 5.10 Å². The zero-order valence-corrected chi connectivity index (χ0v) is 15.8. The van der Waals surface area contributed by atoms with Gasteiger partial charge in [0, 0.05) is 29.6 Å². The topological polar surface area (TPSA) is 67.4 Å². The summed E-state index contributed by atoms with van der Waals surface area (Å²) in [5.41, 5.74) is 7.08. The molecule has 0 saturated heterocycles. The number of hydrogen-bond acceptors (Lipinski definition) is 4. The highest BCUT2D eigenvalue weighted by Crippen LogP contribution is 2.19. The van der Waals surface area contributed by atoms with E-state index in [0.717, 1.165) is 34.1 Å². The Morgan fingerprint density at radius 2 is 2.00 bits per heavy atom. The van der Waals surface area contributed by atoms with Crippen molar-refractivity contribution in [2.24, 2.45) is 5.10 Å². The SMILES string of the molecule is Cc1cc(-n2c(C)cc(/C=N\NC(=S)NCc3ccccc3)c2C)no1. The van der Waals surface area contributed by atoms with Gasteiger partial charge in [-0.3, -0.25) is 9.99 Å². The third kappa shape index (κ3) is 4.18. The normalized spacial score (nSPS) is 11.0. The summed E-state index contributed by atoms with van der Waals surface area (Å²) in [6.45, 7) is 6.57. The van der Waals surface area contributed by atoms with Crippen LogP contribution in [0.1, 0.15) is 28.3 Å². The van der Waals surface area contributed by atoms with E-state index in [2.05, 4.69) is 21.0 Å². The van der Waals surface area contributed by atoms with Crippen molar-refractivity contribution in [2.75, 3.05) is 0 Å². The summed E-state index contributed by atoms with van der Waals surface area (Å²) in [4.78, 5) is 0. The molecule has 0 radical (unpaired) electrons. The average molecular weight is 367 g/mol. The molecule has 0 aliphatic carbocycles. The third-order valence-electron chi connectivity index (χ3n) is 3.98. The van der Waals surface area contributed by atoms with Crippen LogP contribution in [-0.4, -0.2) is 21.1 Å². The maximum atomic E-state index is 5.25. The van der Waals surface area contributed by atoms with E-state index < -0.39 is 0 Å². The number of thiocarbonyl (C=S) groups is 1. The first-order valence-electron chi connectivity index (χ1n) is 8.28. The summed E-state index contributed by atoms with van der Waals surface area (Å²) in [7, 11) is 0. The van der Waals surface area contributed by atoms with Crippen LogP contribution in [0.15, 0.2) is 52.1 Å². The molecule has 0 fully saturated rings. The Balaban J connectivity index is 1.61. The smallest absolute Gasteiger partial charge is 0.187 e. The Kier molecular flexibility index (Phi) is 5.48. The molecule has 1 aromatic carbocycles. The quantitative estimate of drug-likeness (QED) is 0.411. The molecule has 3 aromatic rings. The van der Waals surface area contributed by atoms with E-state index in [9.17, 15) is 0 Å². The summed E-state index contributed by atoms with van der Waals surface area (Å²) in [5, 5.41) is 11.9. The van der Waals surface area contributed by atoms with E-state index in [-0.39, 0.29) is 0 Å². The lowest BCUT2D eigenvalue weighted by Gasteiger charge is -2.06. The first-order chi connectivity index (χ1) is 12.5. The van der Waals surface area contributed by atoms with Crippen molar-refractivity contribution in [1.29, 1.82) is 0 Å². The van der Waals surface area contributed by atoms with Gasteiger partial charge in [0.2, 0.25) is 0 Å². The van der Waals surface area contributed by atoms with Crippen molar-refractivity contribution in [1.82, 2.24) is 20.5 Å². The predicted octanol–water partition coefficient (Wildman–Crippen LogP) is 3.39. The van der Waals surface area contributed by atoms with Crippen molar-refractivity contribution in [3.63, 3.8) is 0 Å². The van der Waals surface area contributed by atoms with E-state index in [1.165, 1.54) is 0 Å². The van der Waals surface area contributed by atoms with Crippen molar-refractivity contribution >= 4 is 23.5 Å². The zero-order valence-electron chi connectivity index (χ0n) is 15.0. The molecule has 7 heteroatoms. The Bertz CT molecular complexity index is 927. The molecule has 2 heterocycles. The lowest BCUT2D eigenvalue weighted by atomic mass is 10.2. The second kappa shape index (κ2) is 7.97. The number of hydrogen-bond donors (Lipinski definition) is 2. The maximum Gasteiger partial charge on any atom is 0.187 e. The number of nitrogens with one attached hydrogen (secondary N) is 2. The summed E-state index contributed by atoms with van der Waals surface area (Å²) < 4.78 is 7.20. The highest BCUT2D eigenvalue weighted by atomic mass is 32.1. The highest BCUT2D eigenvalue weighted by Gasteiger charge is 2.12. The molecule has 0 aliphatic heterocycles. The fourth-order valence-corrected chi connectivity index (χ4v) is 2.83. The first kappa shape index (κ1) is 17.9. The van der Waals surface area contributed by atoms with Crippen LogP contribution in [0, 0.1) is 20.8 Å². The van der Waals surface area contributed by atoms with Crippen LogP contribution in [0.2, 0.25) is 0 Å². The Morgan fingerprint density at radius 3 is 2.69 bits per heavy atom. The maximum absolute atomic E-state index is 5.25. The molecule has 134 valence electrons. The van der Waals surface area contributed by atoms with Gasteiger partial charge < -0.3 is 9.84 Å². The molecule has 0 unspecified atom stereocenters. The molecule has 0 atom stereocenters. The Hall–Kier alpha value is -2.93. The molecule has 6 nitrogen and oxygen atoms in total. The molecule has 26 heavy (non-hydrogen) atoms. The van der Waals surface area contributed by atoms with Gasteiger partial charge in [-0.15, -0.1) is 0 Å².